The van der Waals surface area contributed by atoms with E-state index in [1.807, 2.05) is 91.0 Å². The van der Waals surface area contributed by atoms with E-state index in [0.717, 1.165) is 56.1 Å². The second-order valence-electron chi connectivity index (χ2n) is 11.6. The Morgan fingerprint density at radius 2 is 1.34 bits per heavy atom. The van der Waals surface area contributed by atoms with Crippen LogP contribution in [0.5, 0.6) is 0 Å². The molecular formula is C36H45N5O5S. The summed E-state index contributed by atoms with van der Waals surface area (Å²) in [6.45, 7) is 0.244. The molecule has 0 aliphatic heterocycles. The van der Waals surface area contributed by atoms with E-state index in [1.54, 1.807) is 12.4 Å². The molecule has 47 heavy (non-hydrogen) atoms. The number of nitrogens with zero attached hydrogens (tertiary/aromatic N) is 2. The quantitative estimate of drug-likeness (QED) is 0.0503. The van der Waals surface area contributed by atoms with Gasteiger partial charge in [0.05, 0.1) is 18.1 Å². The van der Waals surface area contributed by atoms with Crippen molar-refractivity contribution in [3.63, 3.8) is 0 Å². The molecule has 0 radical (unpaired) electrons. The molecule has 0 saturated heterocycles. The average Bonchev–Trinajstić information content (AvgIpc) is 3.08. The molecule has 250 valence electrons. The van der Waals surface area contributed by atoms with Crippen LogP contribution in [0.2, 0.25) is 0 Å². The molecule has 0 spiro atoms. The topological polar surface area (TPSA) is 154 Å². The highest BCUT2D eigenvalue weighted by Crippen LogP contribution is 2.43. The Morgan fingerprint density at radius 1 is 0.723 bits per heavy atom. The monoisotopic (exact) mass is 659 g/mol. The number of rotatable bonds is 20. The van der Waals surface area contributed by atoms with Crippen LogP contribution >= 0.6 is 0 Å². The molecule has 2 aromatic carbocycles. The summed E-state index contributed by atoms with van der Waals surface area (Å²) < 4.78 is 32.1. The number of hydrogen-bond donors (Lipinski definition) is 5. The molecule has 0 aliphatic rings. The van der Waals surface area contributed by atoms with E-state index in [0.29, 0.717) is 30.0 Å². The highest BCUT2D eigenvalue weighted by molar-refractivity contribution is 7.83. The molecule has 5 N–H and O–H groups in total. The van der Waals surface area contributed by atoms with Crippen LogP contribution in [0.15, 0.2) is 103 Å². The van der Waals surface area contributed by atoms with E-state index >= 15 is 0 Å². The first kappa shape index (κ1) is 35.7. The van der Waals surface area contributed by atoms with Gasteiger partial charge in [0, 0.05) is 36.7 Å². The molecule has 11 heteroatoms. The summed E-state index contributed by atoms with van der Waals surface area (Å²) >= 11 is 0. The Morgan fingerprint density at radius 3 is 2.00 bits per heavy atom. The maximum atomic E-state index is 13.2. The molecule has 0 fully saturated rings. The van der Waals surface area contributed by atoms with Crippen LogP contribution in [-0.2, 0) is 15.1 Å². The van der Waals surface area contributed by atoms with Crippen molar-refractivity contribution in [1.29, 1.82) is 0 Å². The first-order valence-corrected chi connectivity index (χ1v) is 17.7. The molecule has 1 amide bonds. The van der Waals surface area contributed by atoms with Crippen LogP contribution in [0.1, 0.15) is 92.7 Å². The lowest BCUT2D eigenvalue weighted by Gasteiger charge is -2.33. The lowest BCUT2D eigenvalue weighted by Crippen LogP contribution is -2.27. The van der Waals surface area contributed by atoms with Gasteiger partial charge < -0.3 is 15.7 Å². The average molecular weight is 660 g/mol. The number of nitrogens with one attached hydrogen (secondary N) is 3. The first-order valence-electron chi connectivity index (χ1n) is 16.2. The highest BCUT2D eigenvalue weighted by Gasteiger charge is 2.35. The third-order valence-corrected chi connectivity index (χ3v) is 8.59. The van der Waals surface area contributed by atoms with E-state index in [1.165, 1.54) is 0 Å². The molecule has 0 bridgehead atoms. The summed E-state index contributed by atoms with van der Waals surface area (Å²) in [5, 5.41) is 18.6. The Labute approximate surface area is 278 Å². The standard InChI is InChI=1S/C36H45N5O5S/c42-33(24-10-5-3-1-2-4-6-15-27-39-47(44,45)46)40-30-21-12-11-20-29(30)35(41-32-23-14-17-26-38-32)34(31-22-13-16-25-37-31)36(43)28-18-8-7-9-19-28/h7-9,11-14,16-23,25-26,34-36,39,43H,1-6,10,15,24,27H2,(H,38,41)(H,40,42)(H,44,45,46). The summed E-state index contributed by atoms with van der Waals surface area (Å²) in [6.07, 6.45) is 10.3. The smallest absolute Gasteiger partial charge is 0.333 e. The molecule has 4 aromatic rings. The van der Waals surface area contributed by atoms with Crippen molar-refractivity contribution < 1.29 is 22.9 Å². The third-order valence-electron chi connectivity index (χ3n) is 8.02. The summed E-state index contributed by atoms with van der Waals surface area (Å²) in [5.41, 5.74) is 2.93. The van der Waals surface area contributed by atoms with Crippen molar-refractivity contribution in [2.24, 2.45) is 0 Å². The Hall–Kier alpha value is -4.16. The number of unbranched alkanes of at least 4 members (excludes halogenated alkanes) is 7. The van der Waals surface area contributed by atoms with Crippen molar-refractivity contribution in [2.45, 2.75) is 75.9 Å². The number of para-hydroxylation sites is 1. The predicted octanol–water partition coefficient (Wildman–Crippen LogP) is 6.99. The summed E-state index contributed by atoms with van der Waals surface area (Å²) in [6, 6.07) is 28.0. The van der Waals surface area contributed by atoms with Crippen molar-refractivity contribution in [2.75, 3.05) is 17.2 Å². The van der Waals surface area contributed by atoms with Gasteiger partial charge in [0.1, 0.15) is 5.82 Å². The predicted molar refractivity (Wildman–Crippen MR) is 185 cm³/mol. The highest BCUT2D eigenvalue weighted by atomic mass is 32.2. The lowest BCUT2D eigenvalue weighted by molar-refractivity contribution is -0.116. The first-order chi connectivity index (χ1) is 22.8. The number of carbonyl (C=O) groups is 1. The number of aromatic nitrogens is 2. The Bertz CT molecular complexity index is 1590. The summed E-state index contributed by atoms with van der Waals surface area (Å²) in [7, 11) is -4.11. The Kier molecular flexibility index (Phi) is 14.3. The van der Waals surface area contributed by atoms with Crippen molar-refractivity contribution in [3.05, 3.63) is 120 Å². The van der Waals surface area contributed by atoms with Crippen molar-refractivity contribution in [3.8, 4) is 0 Å². The van der Waals surface area contributed by atoms with Crippen molar-refractivity contribution in [1.82, 2.24) is 14.7 Å². The maximum absolute atomic E-state index is 13.2. The van der Waals surface area contributed by atoms with Crippen LogP contribution in [0.4, 0.5) is 11.5 Å². The molecule has 3 atom stereocenters. The number of hydrogen-bond acceptors (Lipinski definition) is 7. The zero-order valence-electron chi connectivity index (χ0n) is 26.5. The SMILES string of the molecule is O=C(CCCCCCCCCCNS(=O)(=O)O)Nc1ccccc1C(Nc1ccccn1)C(c1ccccn1)C(O)c1ccccc1. The van der Waals surface area contributed by atoms with Crippen molar-refractivity contribution >= 4 is 27.7 Å². The minimum Gasteiger partial charge on any atom is -0.388 e. The van der Waals surface area contributed by atoms with E-state index in [-0.39, 0.29) is 12.5 Å². The minimum absolute atomic E-state index is 0.0710. The van der Waals surface area contributed by atoms with Gasteiger partial charge in [-0.05, 0) is 54.3 Å². The minimum atomic E-state index is -4.11. The zero-order valence-corrected chi connectivity index (χ0v) is 27.4. The fraction of sp³-hybridized carbons (Fsp3) is 0.361. The number of aliphatic hydroxyl groups excluding tert-OH is 1. The number of pyridine rings is 2. The van der Waals surface area contributed by atoms with Crippen LogP contribution < -0.4 is 15.4 Å². The lowest BCUT2D eigenvalue weighted by atomic mass is 9.82. The van der Waals surface area contributed by atoms with Crippen LogP contribution in [0.25, 0.3) is 0 Å². The second-order valence-corrected chi connectivity index (χ2v) is 12.8. The summed E-state index contributed by atoms with van der Waals surface area (Å²) in [4.78, 5) is 22.3. The van der Waals surface area contributed by atoms with Gasteiger partial charge >= 0.3 is 10.3 Å². The largest absolute Gasteiger partial charge is 0.388 e. The molecular weight excluding hydrogens is 614 g/mol. The van der Waals surface area contributed by atoms with Crippen LogP contribution in [0, 0.1) is 0 Å². The normalized spacial score (nSPS) is 13.4. The Balaban J connectivity index is 1.42. The van der Waals surface area contributed by atoms with Gasteiger partial charge in [-0.15, -0.1) is 0 Å². The number of aliphatic hydroxyl groups is 1. The molecule has 2 aromatic heterocycles. The van der Waals surface area contributed by atoms with Gasteiger partial charge in [-0.25, -0.2) is 4.98 Å². The number of benzene rings is 2. The zero-order chi connectivity index (χ0) is 33.3. The van der Waals surface area contributed by atoms with E-state index in [9.17, 15) is 18.3 Å². The fourth-order valence-electron chi connectivity index (χ4n) is 5.68. The fourth-order valence-corrected chi connectivity index (χ4v) is 6.08. The van der Waals surface area contributed by atoms with Gasteiger partial charge in [0.25, 0.3) is 0 Å². The third kappa shape index (κ3) is 12.2. The number of anilines is 2. The molecule has 10 nitrogen and oxygen atoms in total. The summed E-state index contributed by atoms with van der Waals surface area (Å²) in [5.74, 6) is 0.0330. The van der Waals surface area contributed by atoms with E-state index in [4.69, 9.17) is 4.55 Å². The van der Waals surface area contributed by atoms with Crippen LogP contribution in [-0.4, -0.2) is 40.5 Å². The molecule has 2 heterocycles. The number of amides is 1. The molecule has 0 aliphatic carbocycles. The van der Waals surface area contributed by atoms with Gasteiger partial charge in [-0.2, -0.15) is 13.1 Å². The van der Waals surface area contributed by atoms with Gasteiger partial charge in [0.15, 0.2) is 0 Å². The molecule has 3 unspecified atom stereocenters. The molecule has 4 rings (SSSR count). The maximum Gasteiger partial charge on any atom is 0.333 e. The van der Waals surface area contributed by atoms with Gasteiger partial charge in [-0.3, -0.25) is 14.3 Å². The van der Waals surface area contributed by atoms with E-state index in [2.05, 4.69) is 25.3 Å². The number of carbonyl (C=O) groups excluding carboxylic acids is 1. The molecule has 0 saturated carbocycles. The second kappa shape index (κ2) is 18.9. The van der Waals surface area contributed by atoms with Gasteiger partial charge in [-0.1, -0.05) is 99.2 Å². The van der Waals surface area contributed by atoms with E-state index < -0.39 is 28.4 Å². The van der Waals surface area contributed by atoms with Crippen LogP contribution in [0.3, 0.4) is 0 Å². The van der Waals surface area contributed by atoms with Gasteiger partial charge in [0.2, 0.25) is 5.91 Å².